The summed E-state index contributed by atoms with van der Waals surface area (Å²) in [4.78, 5) is 0. The van der Waals surface area contributed by atoms with Gasteiger partial charge in [-0.05, 0) is 109 Å². The molecule has 0 saturated carbocycles. The van der Waals surface area contributed by atoms with Crippen molar-refractivity contribution in [1.29, 1.82) is 0 Å². The van der Waals surface area contributed by atoms with Gasteiger partial charge in [0.2, 0.25) is 0 Å². The molecule has 0 bridgehead atoms. The standard InChI is InChI=1S/C28H27N.C16H16/c1-6-7-10-26-22(5)29(28-12-9-8-11-27(26)28)23-14-16-25(21(4)18-23)24-15-13-19(2)17-20(24)3;1-2-12-11-13-7-3-4-9-15(13)16-10-6-5-8-14(12)16/h6-18H,1H2,2-5H3;3-10,12H,2,11H2,1H3/b10-7-;. The molecule has 0 aliphatic heterocycles. The van der Waals surface area contributed by atoms with Gasteiger partial charge in [-0.1, -0.05) is 128 Å². The van der Waals surface area contributed by atoms with Crippen LogP contribution >= 0.6 is 0 Å². The van der Waals surface area contributed by atoms with Crippen LogP contribution < -0.4 is 0 Å². The minimum atomic E-state index is 0.700. The molecule has 1 heterocycles. The van der Waals surface area contributed by atoms with Crippen LogP contribution in [0, 0.1) is 27.7 Å². The predicted octanol–water partition coefficient (Wildman–Crippen LogP) is 12.1. The van der Waals surface area contributed by atoms with Crippen molar-refractivity contribution in [1.82, 2.24) is 4.57 Å². The van der Waals surface area contributed by atoms with Crippen LogP contribution in [-0.4, -0.2) is 4.57 Å². The lowest BCUT2D eigenvalue weighted by Gasteiger charge is -2.26. The van der Waals surface area contributed by atoms with Crippen molar-refractivity contribution in [3.05, 3.63) is 167 Å². The van der Waals surface area contributed by atoms with Crippen LogP contribution in [-0.2, 0) is 6.42 Å². The minimum absolute atomic E-state index is 0.700. The van der Waals surface area contributed by atoms with Gasteiger partial charge >= 0.3 is 0 Å². The molecule has 6 aromatic rings. The molecule has 0 fully saturated rings. The van der Waals surface area contributed by atoms with E-state index in [1.54, 1.807) is 0 Å². The fourth-order valence-corrected chi connectivity index (χ4v) is 7.10. The van der Waals surface area contributed by atoms with E-state index in [0.29, 0.717) is 5.92 Å². The van der Waals surface area contributed by atoms with E-state index in [-0.39, 0.29) is 0 Å². The molecule has 0 saturated heterocycles. The van der Waals surface area contributed by atoms with E-state index in [4.69, 9.17) is 0 Å². The first-order valence-electron chi connectivity index (χ1n) is 16.2. The third-order valence-corrected chi connectivity index (χ3v) is 9.37. The molecule has 1 aliphatic carbocycles. The Morgan fingerprint density at radius 2 is 1.38 bits per heavy atom. The maximum atomic E-state index is 3.82. The van der Waals surface area contributed by atoms with Gasteiger partial charge in [-0.3, -0.25) is 0 Å². The summed E-state index contributed by atoms with van der Waals surface area (Å²) in [5.74, 6) is 0.700. The number of rotatable bonds is 5. The van der Waals surface area contributed by atoms with Crippen LogP contribution in [0.3, 0.4) is 0 Å². The molecule has 7 rings (SSSR count). The lowest BCUT2D eigenvalue weighted by Crippen LogP contribution is -2.10. The molecular formula is C44H43N. The Hall–Kier alpha value is -4.88. The van der Waals surface area contributed by atoms with Gasteiger partial charge < -0.3 is 4.57 Å². The Bertz CT molecular complexity index is 2030. The van der Waals surface area contributed by atoms with Gasteiger partial charge in [0, 0.05) is 22.3 Å². The molecule has 5 aromatic carbocycles. The second-order valence-electron chi connectivity index (χ2n) is 12.3. The zero-order valence-electron chi connectivity index (χ0n) is 27.3. The Kier molecular flexibility index (Phi) is 8.71. The monoisotopic (exact) mass is 585 g/mol. The number of aryl methyl sites for hydroxylation is 3. The van der Waals surface area contributed by atoms with Gasteiger partial charge in [0.05, 0.1) is 5.52 Å². The summed E-state index contributed by atoms with van der Waals surface area (Å²) >= 11 is 0. The molecule has 1 atom stereocenters. The topological polar surface area (TPSA) is 4.93 Å². The quantitative estimate of drug-likeness (QED) is 0.177. The molecule has 1 aliphatic rings. The summed E-state index contributed by atoms with van der Waals surface area (Å²) in [6.45, 7) is 14.8. The number of nitrogens with zero attached hydrogens (tertiary/aromatic N) is 1. The van der Waals surface area contributed by atoms with Gasteiger partial charge in [-0.15, -0.1) is 0 Å². The first-order valence-corrected chi connectivity index (χ1v) is 16.2. The number of benzene rings is 5. The smallest absolute Gasteiger partial charge is 0.0537 e. The lowest BCUT2D eigenvalue weighted by atomic mass is 9.78. The molecule has 1 unspecified atom stereocenters. The van der Waals surface area contributed by atoms with Crippen molar-refractivity contribution in [3.8, 4) is 27.9 Å². The maximum absolute atomic E-state index is 3.82. The van der Waals surface area contributed by atoms with E-state index < -0.39 is 0 Å². The second kappa shape index (κ2) is 13.0. The largest absolute Gasteiger partial charge is 0.313 e. The van der Waals surface area contributed by atoms with E-state index in [9.17, 15) is 0 Å². The van der Waals surface area contributed by atoms with Crippen molar-refractivity contribution < 1.29 is 0 Å². The van der Waals surface area contributed by atoms with Crippen LogP contribution in [0.5, 0.6) is 0 Å². The van der Waals surface area contributed by atoms with Crippen molar-refractivity contribution in [2.75, 3.05) is 0 Å². The Balaban J connectivity index is 0.000000187. The zero-order chi connectivity index (χ0) is 31.5. The van der Waals surface area contributed by atoms with Crippen LogP contribution in [0.25, 0.3) is 44.9 Å². The Labute approximate surface area is 269 Å². The van der Waals surface area contributed by atoms with Gasteiger partial charge in [0.1, 0.15) is 0 Å². The molecule has 0 radical (unpaired) electrons. The third-order valence-electron chi connectivity index (χ3n) is 9.37. The van der Waals surface area contributed by atoms with Gasteiger partial charge in [0.15, 0.2) is 0 Å². The zero-order valence-corrected chi connectivity index (χ0v) is 27.3. The number of para-hydroxylation sites is 1. The van der Waals surface area contributed by atoms with Crippen molar-refractivity contribution in [3.63, 3.8) is 0 Å². The fraction of sp³-hybridized carbons (Fsp3) is 0.182. The number of fused-ring (bicyclic) bond motifs is 4. The SMILES string of the molecule is C=C/C=C\c1c(C)n(-c2ccc(-c3ccc(C)cc3C)c(C)c2)c2ccccc12.CCC1Cc2ccccc2-c2ccccc21. The molecule has 0 spiro atoms. The normalized spacial score (nSPS) is 13.7. The molecule has 0 N–H and O–H groups in total. The van der Waals surface area contributed by atoms with E-state index in [1.807, 2.05) is 12.2 Å². The highest BCUT2D eigenvalue weighted by Gasteiger charge is 2.22. The van der Waals surface area contributed by atoms with E-state index in [2.05, 4.69) is 161 Å². The van der Waals surface area contributed by atoms with E-state index >= 15 is 0 Å². The molecule has 0 amide bonds. The molecule has 224 valence electrons. The second-order valence-corrected chi connectivity index (χ2v) is 12.3. The van der Waals surface area contributed by atoms with Crippen LogP contribution in [0.4, 0.5) is 0 Å². The van der Waals surface area contributed by atoms with Crippen molar-refractivity contribution >= 4 is 17.0 Å². The highest BCUT2D eigenvalue weighted by Crippen LogP contribution is 2.40. The predicted molar refractivity (Wildman–Crippen MR) is 196 cm³/mol. The van der Waals surface area contributed by atoms with Crippen LogP contribution in [0.15, 0.2) is 128 Å². The fourth-order valence-electron chi connectivity index (χ4n) is 7.10. The Morgan fingerprint density at radius 1 is 0.711 bits per heavy atom. The first kappa shape index (κ1) is 30.2. The molecule has 1 heteroatoms. The molecule has 1 aromatic heterocycles. The third kappa shape index (κ3) is 5.83. The minimum Gasteiger partial charge on any atom is -0.313 e. The van der Waals surface area contributed by atoms with Gasteiger partial charge in [0.25, 0.3) is 0 Å². The summed E-state index contributed by atoms with van der Waals surface area (Å²) in [5.41, 5.74) is 17.3. The number of hydrogen-bond donors (Lipinski definition) is 0. The Morgan fingerprint density at radius 3 is 2.11 bits per heavy atom. The maximum Gasteiger partial charge on any atom is 0.0537 e. The highest BCUT2D eigenvalue weighted by molar-refractivity contribution is 5.93. The summed E-state index contributed by atoms with van der Waals surface area (Å²) in [7, 11) is 0. The molecule has 45 heavy (non-hydrogen) atoms. The number of allylic oxidation sites excluding steroid dienone is 2. The molecule has 1 nitrogen and oxygen atoms in total. The summed E-state index contributed by atoms with van der Waals surface area (Å²) in [6.07, 6.45) is 8.41. The van der Waals surface area contributed by atoms with E-state index in [0.717, 1.165) is 0 Å². The van der Waals surface area contributed by atoms with Gasteiger partial charge in [-0.2, -0.15) is 0 Å². The highest BCUT2D eigenvalue weighted by atomic mass is 15.0. The van der Waals surface area contributed by atoms with Crippen molar-refractivity contribution in [2.24, 2.45) is 0 Å². The molecular weight excluding hydrogens is 542 g/mol. The van der Waals surface area contributed by atoms with E-state index in [1.165, 1.54) is 90.8 Å². The van der Waals surface area contributed by atoms with Crippen molar-refractivity contribution in [2.45, 2.75) is 53.4 Å². The summed E-state index contributed by atoms with van der Waals surface area (Å²) < 4.78 is 2.36. The summed E-state index contributed by atoms with van der Waals surface area (Å²) in [6, 6.07) is 39.8. The van der Waals surface area contributed by atoms with Gasteiger partial charge in [-0.25, -0.2) is 0 Å². The number of hydrogen-bond acceptors (Lipinski definition) is 0. The average molecular weight is 586 g/mol. The van der Waals surface area contributed by atoms with Crippen LogP contribution in [0.2, 0.25) is 0 Å². The average Bonchev–Trinajstić information content (AvgIpc) is 3.34. The summed E-state index contributed by atoms with van der Waals surface area (Å²) in [5, 5.41) is 1.26. The first-order chi connectivity index (χ1) is 21.9. The lowest BCUT2D eigenvalue weighted by molar-refractivity contribution is 0.654. The van der Waals surface area contributed by atoms with Crippen LogP contribution in [0.1, 0.15) is 58.3 Å². The number of aromatic nitrogens is 1.